The van der Waals surface area contributed by atoms with Crippen LogP contribution in [-0.4, -0.2) is 31.7 Å². The molecule has 0 unspecified atom stereocenters. The molecule has 1 fully saturated rings. The van der Waals surface area contributed by atoms with Crippen LogP contribution in [0, 0.1) is 5.92 Å². The number of carbonyl (C=O) groups is 1. The minimum atomic E-state index is -3.37. The van der Waals surface area contributed by atoms with E-state index in [1.54, 1.807) is 20.8 Å². The van der Waals surface area contributed by atoms with E-state index in [1.165, 1.54) is 0 Å². The van der Waals surface area contributed by atoms with E-state index in [2.05, 4.69) is 22.5 Å². The van der Waals surface area contributed by atoms with Gasteiger partial charge in [0.05, 0.1) is 17.0 Å². The molecule has 164 valence electrons. The summed E-state index contributed by atoms with van der Waals surface area (Å²) < 4.78 is 32.1. The SMILES string of the molecule is CCCCOc1ccc(NNC(=O)[C@H]2CC[C@H](NS(=O)(=O)C(C)(C)C)CC2)cc1. The third kappa shape index (κ3) is 7.19. The van der Waals surface area contributed by atoms with E-state index >= 15 is 0 Å². The summed E-state index contributed by atoms with van der Waals surface area (Å²) in [6.07, 6.45) is 4.77. The fourth-order valence-electron chi connectivity index (χ4n) is 3.07. The van der Waals surface area contributed by atoms with Gasteiger partial charge in [-0.05, 0) is 77.1 Å². The molecule has 1 saturated carbocycles. The molecule has 1 amide bonds. The molecule has 8 heteroatoms. The van der Waals surface area contributed by atoms with Crippen molar-refractivity contribution in [2.24, 2.45) is 5.92 Å². The highest BCUT2D eigenvalue weighted by Crippen LogP contribution is 2.26. The number of rotatable bonds is 9. The maximum absolute atomic E-state index is 12.4. The molecule has 0 saturated heterocycles. The van der Waals surface area contributed by atoms with Gasteiger partial charge in [0, 0.05) is 12.0 Å². The Morgan fingerprint density at radius 1 is 1.10 bits per heavy atom. The molecule has 7 nitrogen and oxygen atoms in total. The lowest BCUT2D eigenvalue weighted by Crippen LogP contribution is -2.47. The van der Waals surface area contributed by atoms with E-state index in [0.717, 1.165) is 24.3 Å². The van der Waals surface area contributed by atoms with Crippen LogP contribution in [0.1, 0.15) is 66.2 Å². The molecule has 0 spiro atoms. The second kappa shape index (κ2) is 10.3. The number of amides is 1. The van der Waals surface area contributed by atoms with Crippen LogP contribution in [0.3, 0.4) is 0 Å². The number of benzene rings is 1. The summed E-state index contributed by atoms with van der Waals surface area (Å²) in [4.78, 5) is 12.4. The molecule has 29 heavy (non-hydrogen) atoms. The van der Waals surface area contributed by atoms with Gasteiger partial charge in [0.25, 0.3) is 0 Å². The molecule has 0 atom stereocenters. The van der Waals surface area contributed by atoms with Crippen LogP contribution >= 0.6 is 0 Å². The molecule has 0 aliphatic heterocycles. The first kappa shape index (κ1) is 23.5. The Hall–Kier alpha value is -1.80. The van der Waals surface area contributed by atoms with Crippen LogP contribution in [0.2, 0.25) is 0 Å². The Kier molecular flexibility index (Phi) is 8.34. The van der Waals surface area contributed by atoms with Crippen molar-refractivity contribution in [2.45, 2.75) is 77.0 Å². The van der Waals surface area contributed by atoms with Crippen molar-refractivity contribution in [3.63, 3.8) is 0 Å². The minimum Gasteiger partial charge on any atom is -0.494 e. The maximum Gasteiger partial charge on any atom is 0.241 e. The maximum atomic E-state index is 12.4. The zero-order valence-corrected chi connectivity index (χ0v) is 18.8. The molecule has 0 heterocycles. The standard InChI is InChI=1S/C21H35N3O4S/c1-5-6-15-28-19-13-11-17(12-14-19)22-23-20(25)16-7-9-18(10-8-16)24-29(26,27)21(2,3)4/h11-14,16,18,22,24H,5-10,15H2,1-4H3,(H,23,25)/t16-,18-. The van der Waals surface area contributed by atoms with Gasteiger partial charge in [-0.2, -0.15) is 0 Å². The zero-order chi connectivity index (χ0) is 21.5. The molecule has 1 aliphatic carbocycles. The molecule has 3 N–H and O–H groups in total. The summed E-state index contributed by atoms with van der Waals surface area (Å²) in [5, 5.41) is 0. The van der Waals surface area contributed by atoms with Crippen molar-refractivity contribution in [2.75, 3.05) is 12.0 Å². The third-order valence-corrected chi connectivity index (χ3v) is 7.43. The summed E-state index contributed by atoms with van der Waals surface area (Å²) in [6, 6.07) is 7.36. The first-order valence-electron chi connectivity index (χ1n) is 10.4. The highest BCUT2D eigenvalue weighted by molar-refractivity contribution is 7.90. The number of hydrazine groups is 1. The van der Waals surface area contributed by atoms with E-state index in [0.29, 0.717) is 32.3 Å². The smallest absolute Gasteiger partial charge is 0.241 e. The van der Waals surface area contributed by atoms with Crippen LogP contribution in [0.4, 0.5) is 5.69 Å². The van der Waals surface area contributed by atoms with E-state index in [1.807, 2.05) is 24.3 Å². The van der Waals surface area contributed by atoms with Gasteiger partial charge >= 0.3 is 0 Å². The van der Waals surface area contributed by atoms with Crippen LogP contribution in [0.25, 0.3) is 0 Å². The van der Waals surface area contributed by atoms with Crippen molar-refractivity contribution in [1.29, 1.82) is 0 Å². The highest BCUT2D eigenvalue weighted by atomic mass is 32.2. The lowest BCUT2D eigenvalue weighted by Gasteiger charge is -2.30. The van der Waals surface area contributed by atoms with Crippen LogP contribution in [0.15, 0.2) is 24.3 Å². The topological polar surface area (TPSA) is 96.5 Å². The second-order valence-electron chi connectivity index (χ2n) is 8.62. The number of anilines is 1. The number of unbranched alkanes of at least 4 members (excludes halogenated alkanes) is 1. The molecular weight excluding hydrogens is 390 g/mol. The number of nitrogens with one attached hydrogen (secondary N) is 3. The van der Waals surface area contributed by atoms with E-state index in [4.69, 9.17) is 4.74 Å². The molecule has 0 radical (unpaired) electrons. The molecule has 1 aromatic carbocycles. The summed E-state index contributed by atoms with van der Waals surface area (Å²) in [5.41, 5.74) is 6.48. The van der Waals surface area contributed by atoms with Crippen LogP contribution in [-0.2, 0) is 14.8 Å². The zero-order valence-electron chi connectivity index (χ0n) is 18.0. The average Bonchev–Trinajstić information content (AvgIpc) is 2.67. The van der Waals surface area contributed by atoms with Gasteiger partial charge < -0.3 is 4.74 Å². The van der Waals surface area contributed by atoms with Gasteiger partial charge in [-0.3, -0.25) is 15.6 Å². The molecule has 1 aliphatic rings. The Morgan fingerprint density at radius 2 is 1.72 bits per heavy atom. The predicted molar refractivity (Wildman–Crippen MR) is 116 cm³/mol. The Balaban J connectivity index is 1.74. The van der Waals surface area contributed by atoms with Gasteiger partial charge in [0.1, 0.15) is 5.75 Å². The molecule has 0 aromatic heterocycles. The van der Waals surface area contributed by atoms with Crippen molar-refractivity contribution in [3.8, 4) is 5.75 Å². The van der Waals surface area contributed by atoms with Gasteiger partial charge in [0.15, 0.2) is 0 Å². The molecule has 2 rings (SSSR count). The van der Waals surface area contributed by atoms with Gasteiger partial charge in [-0.25, -0.2) is 13.1 Å². The fourth-order valence-corrected chi connectivity index (χ4v) is 4.10. The van der Waals surface area contributed by atoms with Crippen LogP contribution < -0.4 is 20.3 Å². The molecule has 0 bridgehead atoms. The van der Waals surface area contributed by atoms with E-state index < -0.39 is 14.8 Å². The molecular formula is C21H35N3O4S. The van der Waals surface area contributed by atoms with Gasteiger partial charge in [0.2, 0.25) is 15.9 Å². The van der Waals surface area contributed by atoms with Crippen molar-refractivity contribution >= 4 is 21.6 Å². The average molecular weight is 426 g/mol. The van der Waals surface area contributed by atoms with Crippen molar-refractivity contribution < 1.29 is 17.9 Å². The number of hydrogen-bond acceptors (Lipinski definition) is 5. The lowest BCUT2D eigenvalue weighted by molar-refractivity contribution is -0.125. The number of sulfonamides is 1. The summed E-state index contributed by atoms with van der Waals surface area (Å²) in [5.74, 6) is 0.631. The number of ether oxygens (including phenoxy) is 1. The van der Waals surface area contributed by atoms with Gasteiger partial charge in [-0.15, -0.1) is 0 Å². The quantitative estimate of drug-likeness (QED) is 0.415. The molecule has 1 aromatic rings. The largest absolute Gasteiger partial charge is 0.494 e. The van der Waals surface area contributed by atoms with Crippen molar-refractivity contribution in [3.05, 3.63) is 24.3 Å². The highest BCUT2D eigenvalue weighted by Gasteiger charge is 2.34. The first-order valence-corrected chi connectivity index (χ1v) is 11.9. The minimum absolute atomic E-state index is 0.0644. The number of hydrogen-bond donors (Lipinski definition) is 3. The Bertz CT molecular complexity index is 749. The Morgan fingerprint density at radius 3 is 2.28 bits per heavy atom. The van der Waals surface area contributed by atoms with E-state index in [9.17, 15) is 13.2 Å². The summed E-state index contributed by atoms with van der Waals surface area (Å²) in [6.45, 7) is 7.88. The first-order chi connectivity index (χ1) is 13.6. The van der Waals surface area contributed by atoms with Gasteiger partial charge in [-0.1, -0.05) is 13.3 Å². The van der Waals surface area contributed by atoms with Crippen LogP contribution in [0.5, 0.6) is 5.75 Å². The summed E-state index contributed by atoms with van der Waals surface area (Å²) in [7, 11) is -3.37. The van der Waals surface area contributed by atoms with E-state index in [-0.39, 0.29) is 17.9 Å². The number of carbonyl (C=O) groups excluding carboxylic acids is 1. The normalized spacial score (nSPS) is 20.1. The third-order valence-electron chi connectivity index (χ3n) is 5.18. The summed E-state index contributed by atoms with van der Waals surface area (Å²) >= 11 is 0. The van der Waals surface area contributed by atoms with Crippen molar-refractivity contribution in [1.82, 2.24) is 10.1 Å². The fraction of sp³-hybridized carbons (Fsp3) is 0.667. The second-order valence-corrected chi connectivity index (χ2v) is 11.1. The monoisotopic (exact) mass is 425 g/mol. The predicted octanol–water partition coefficient (Wildman–Crippen LogP) is 3.59. The Labute approximate surface area is 175 Å². The lowest BCUT2D eigenvalue weighted by atomic mass is 9.86.